The van der Waals surface area contributed by atoms with Crippen molar-refractivity contribution in [3.63, 3.8) is 0 Å². The molecule has 92 valence electrons. The fraction of sp³-hybridized carbons (Fsp3) is 0.818. The van der Waals surface area contributed by atoms with Crippen LogP contribution in [0.25, 0.3) is 0 Å². The molecule has 2 aliphatic rings. The van der Waals surface area contributed by atoms with E-state index in [0.717, 1.165) is 25.1 Å². The molecular weight excluding hydrogens is 220 g/mol. The second-order valence-corrected chi connectivity index (χ2v) is 5.12. The van der Waals surface area contributed by atoms with E-state index in [1.54, 1.807) is 4.68 Å². The van der Waals surface area contributed by atoms with Gasteiger partial charge >= 0.3 is 5.97 Å². The van der Waals surface area contributed by atoms with Crippen LogP contribution in [0, 0.1) is 0 Å². The first kappa shape index (κ1) is 10.7. The molecule has 6 heteroatoms. The van der Waals surface area contributed by atoms with E-state index in [2.05, 4.69) is 15.5 Å². The van der Waals surface area contributed by atoms with Crippen LogP contribution in [0.5, 0.6) is 0 Å². The second kappa shape index (κ2) is 3.78. The second-order valence-electron chi connectivity index (χ2n) is 5.12. The molecule has 0 unspecified atom stereocenters. The predicted octanol–water partition coefficient (Wildman–Crippen LogP) is 1.29. The van der Waals surface area contributed by atoms with Crippen LogP contribution in [0.1, 0.15) is 56.7 Å². The molecule has 0 amide bonds. The van der Waals surface area contributed by atoms with Crippen molar-refractivity contribution >= 4 is 5.97 Å². The van der Waals surface area contributed by atoms with Gasteiger partial charge in [0.2, 0.25) is 0 Å². The number of carboxylic acids is 1. The molecule has 0 atom stereocenters. The molecule has 17 heavy (non-hydrogen) atoms. The Morgan fingerprint density at radius 2 is 2.00 bits per heavy atom. The summed E-state index contributed by atoms with van der Waals surface area (Å²) in [5, 5.41) is 21.1. The van der Waals surface area contributed by atoms with Crippen LogP contribution in [-0.2, 0) is 10.3 Å². The van der Waals surface area contributed by atoms with E-state index in [4.69, 9.17) is 0 Å². The molecule has 2 saturated carbocycles. The first-order valence-corrected chi connectivity index (χ1v) is 6.26. The standard InChI is InChI=1S/C11H16N4O2/c16-10(17)11(6-3-7-11)15-9(12-13-14-15)8-4-1-2-5-8/h8H,1-7H2,(H,16,17). The highest BCUT2D eigenvalue weighted by Crippen LogP contribution is 2.42. The van der Waals surface area contributed by atoms with Crippen LogP contribution in [0.15, 0.2) is 0 Å². The maximum absolute atomic E-state index is 11.5. The highest BCUT2D eigenvalue weighted by molar-refractivity contribution is 5.77. The van der Waals surface area contributed by atoms with Crippen LogP contribution in [-0.4, -0.2) is 31.3 Å². The third-order valence-electron chi connectivity index (χ3n) is 4.20. The highest BCUT2D eigenvalue weighted by atomic mass is 16.4. The molecular formula is C11H16N4O2. The number of hydrogen-bond donors (Lipinski definition) is 1. The van der Waals surface area contributed by atoms with Crippen molar-refractivity contribution in [2.45, 2.75) is 56.4 Å². The quantitative estimate of drug-likeness (QED) is 0.855. The third-order valence-corrected chi connectivity index (χ3v) is 4.20. The molecule has 2 aliphatic carbocycles. The highest BCUT2D eigenvalue weighted by Gasteiger charge is 2.49. The van der Waals surface area contributed by atoms with E-state index in [1.165, 1.54) is 12.8 Å². The largest absolute Gasteiger partial charge is 0.479 e. The molecule has 1 N–H and O–H groups in total. The number of aliphatic carboxylic acids is 1. The molecule has 0 radical (unpaired) electrons. The molecule has 3 rings (SSSR count). The van der Waals surface area contributed by atoms with Gasteiger partial charge < -0.3 is 5.11 Å². The number of rotatable bonds is 3. The van der Waals surface area contributed by atoms with Crippen molar-refractivity contribution in [1.29, 1.82) is 0 Å². The fourth-order valence-corrected chi connectivity index (χ4v) is 2.97. The first-order chi connectivity index (χ1) is 8.24. The van der Waals surface area contributed by atoms with E-state index in [-0.39, 0.29) is 0 Å². The molecule has 1 aromatic rings. The minimum absolute atomic E-state index is 0.349. The van der Waals surface area contributed by atoms with E-state index in [1.807, 2.05) is 0 Å². The lowest BCUT2D eigenvalue weighted by Crippen LogP contribution is -2.49. The third kappa shape index (κ3) is 1.46. The molecule has 0 bridgehead atoms. The number of aromatic nitrogens is 4. The number of carbonyl (C=O) groups is 1. The van der Waals surface area contributed by atoms with Gasteiger partial charge in [0.1, 0.15) is 0 Å². The Hall–Kier alpha value is -1.46. The van der Waals surface area contributed by atoms with Gasteiger partial charge in [0, 0.05) is 5.92 Å². The van der Waals surface area contributed by atoms with Crippen molar-refractivity contribution in [1.82, 2.24) is 20.2 Å². The zero-order valence-electron chi connectivity index (χ0n) is 9.67. The Morgan fingerprint density at radius 1 is 1.29 bits per heavy atom. The van der Waals surface area contributed by atoms with Crippen molar-refractivity contribution in [2.24, 2.45) is 0 Å². The fourth-order valence-electron chi connectivity index (χ4n) is 2.97. The van der Waals surface area contributed by atoms with Gasteiger partial charge in [0.05, 0.1) is 0 Å². The summed E-state index contributed by atoms with van der Waals surface area (Å²) in [6.07, 6.45) is 6.78. The summed E-state index contributed by atoms with van der Waals surface area (Å²) in [7, 11) is 0. The van der Waals surface area contributed by atoms with E-state index in [9.17, 15) is 9.90 Å². The number of carboxylic acid groups (broad SMARTS) is 1. The average Bonchev–Trinajstić information content (AvgIpc) is 2.82. The van der Waals surface area contributed by atoms with Gasteiger partial charge in [-0.1, -0.05) is 12.8 Å². The Labute approximate surface area is 99.0 Å². The van der Waals surface area contributed by atoms with Gasteiger partial charge in [-0.05, 0) is 42.5 Å². The summed E-state index contributed by atoms with van der Waals surface area (Å²) in [5.41, 5.74) is -0.860. The summed E-state index contributed by atoms with van der Waals surface area (Å²) < 4.78 is 1.59. The summed E-state index contributed by atoms with van der Waals surface area (Å²) in [6.45, 7) is 0. The molecule has 1 aromatic heterocycles. The van der Waals surface area contributed by atoms with Crippen molar-refractivity contribution < 1.29 is 9.90 Å². The molecule has 6 nitrogen and oxygen atoms in total. The first-order valence-electron chi connectivity index (χ1n) is 6.26. The normalized spacial score (nSPS) is 23.5. The number of nitrogens with zero attached hydrogens (tertiary/aromatic N) is 4. The molecule has 2 fully saturated rings. The Bertz CT molecular complexity index is 432. The SMILES string of the molecule is O=C(O)C1(n2nnnc2C2CCCC2)CCC1. The zero-order chi connectivity index (χ0) is 11.9. The number of hydrogen-bond acceptors (Lipinski definition) is 4. The van der Waals surface area contributed by atoms with Crippen LogP contribution in [0.3, 0.4) is 0 Å². The lowest BCUT2D eigenvalue weighted by Gasteiger charge is -2.38. The van der Waals surface area contributed by atoms with Gasteiger partial charge in [-0.2, -0.15) is 0 Å². The van der Waals surface area contributed by atoms with E-state index >= 15 is 0 Å². The van der Waals surface area contributed by atoms with E-state index < -0.39 is 11.5 Å². The van der Waals surface area contributed by atoms with Gasteiger partial charge in [-0.3, -0.25) is 0 Å². The van der Waals surface area contributed by atoms with Crippen LogP contribution in [0.4, 0.5) is 0 Å². The lowest BCUT2D eigenvalue weighted by molar-refractivity contribution is -0.153. The van der Waals surface area contributed by atoms with Gasteiger partial charge in [0.25, 0.3) is 0 Å². The van der Waals surface area contributed by atoms with Crippen LogP contribution in [0.2, 0.25) is 0 Å². The molecule has 0 spiro atoms. The Kier molecular flexibility index (Phi) is 2.38. The molecule has 1 heterocycles. The van der Waals surface area contributed by atoms with Crippen molar-refractivity contribution in [2.75, 3.05) is 0 Å². The Balaban J connectivity index is 1.97. The maximum Gasteiger partial charge on any atom is 0.331 e. The van der Waals surface area contributed by atoms with Crippen LogP contribution < -0.4 is 0 Å². The molecule has 0 aromatic carbocycles. The Morgan fingerprint density at radius 3 is 2.53 bits per heavy atom. The minimum Gasteiger partial charge on any atom is -0.479 e. The van der Waals surface area contributed by atoms with E-state index in [0.29, 0.717) is 18.8 Å². The topological polar surface area (TPSA) is 80.9 Å². The summed E-state index contributed by atoms with van der Waals surface area (Å²) in [5.74, 6) is 0.335. The molecule has 0 saturated heterocycles. The van der Waals surface area contributed by atoms with Crippen molar-refractivity contribution in [3.8, 4) is 0 Å². The molecule has 0 aliphatic heterocycles. The maximum atomic E-state index is 11.5. The van der Waals surface area contributed by atoms with Crippen molar-refractivity contribution in [3.05, 3.63) is 5.82 Å². The average molecular weight is 236 g/mol. The minimum atomic E-state index is -0.860. The summed E-state index contributed by atoms with van der Waals surface area (Å²) in [4.78, 5) is 11.5. The smallest absolute Gasteiger partial charge is 0.331 e. The van der Waals surface area contributed by atoms with Gasteiger partial charge in [-0.15, -0.1) is 5.10 Å². The lowest BCUT2D eigenvalue weighted by atomic mass is 9.76. The van der Waals surface area contributed by atoms with Gasteiger partial charge in [0.15, 0.2) is 11.4 Å². The summed E-state index contributed by atoms with van der Waals surface area (Å²) in [6, 6.07) is 0. The predicted molar refractivity (Wildman–Crippen MR) is 58.5 cm³/mol. The zero-order valence-corrected chi connectivity index (χ0v) is 9.67. The van der Waals surface area contributed by atoms with Gasteiger partial charge in [-0.25, -0.2) is 9.48 Å². The summed E-state index contributed by atoms with van der Waals surface area (Å²) >= 11 is 0. The van der Waals surface area contributed by atoms with Crippen LogP contribution >= 0.6 is 0 Å². The number of tetrazole rings is 1. The monoisotopic (exact) mass is 236 g/mol.